The number of nitrogens with one attached hydrogen (secondary N) is 1. The first-order valence-corrected chi connectivity index (χ1v) is 6.27. The SMILES string of the molecule is N#CCc1ccc(Nc2nc(Cl)ncc2Br)cc1. The van der Waals surface area contributed by atoms with Crippen molar-refractivity contribution in [3.8, 4) is 6.07 Å². The number of nitrogens with zero attached hydrogens (tertiary/aromatic N) is 3. The number of anilines is 2. The Morgan fingerprint density at radius 3 is 2.72 bits per heavy atom. The molecule has 0 aliphatic heterocycles. The molecule has 0 unspecified atom stereocenters. The summed E-state index contributed by atoms with van der Waals surface area (Å²) in [4.78, 5) is 7.92. The Morgan fingerprint density at radius 1 is 1.33 bits per heavy atom. The zero-order valence-electron chi connectivity index (χ0n) is 9.19. The van der Waals surface area contributed by atoms with Crippen molar-refractivity contribution in [3.63, 3.8) is 0 Å². The normalized spacial score (nSPS) is 9.83. The minimum absolute atomic E-state index is 0.182. The lowest BCUT2D eigenvalue weighted by atomic mass is 10.1. The van der Waals surface area contributed by atoms with Gasteiger partial charge in [-0.3, -0.25) is 0 Å². The molecule has 0 bridgehead atoms. The maximum atomic E-state index is 8.59. The summed E-state index contributed by atoms with van der Waals surface area (Å²) in [6.07, 6.45) is 1.99. The van der Waals surface area contributed by atoms with Gasteiger partial charge >= 0.3 is 0 Å². The van der Waals surface area contributed by atoms with Gasteiger partial charge in [-0.15, -0.1) is 0 Å². The highest BCUT2D eigenvalue weighted by molar-refractivity contribution is 9.10. The zero-order chi connectivity index (χ0) is 13.0. The van der Waals surface area contributed by atoms with Gasteiger partial charge in [0, 0.05) is 11.9 Å². The first-order valence-electron chi connectivity index (χ1n) is 5.10. The maximum absolute atomic E-state index is 8.59. The van der Waals surface area contributed by atoms with Crippen LogP contribution in [0.25, 0.3) is 0 Å². The van der Waals surface area contributed by atoms with Crippen molar-refractivity contribution in [1.82, 2.24) is 9.97 Å². The number of nitriles is 1. The van der Waals surface area contributed by atoms with E-state index in [2.05, 4.69) is 37.3 Å². The predicted octanol–water partition coefficient (Wildman–Crippen LogP) is 3.70. The average Bonchev–Trinajstić information content (AvgIpc) is 2.37. The fourth-order valence-electron chi connectivity index (χ4n) is 1.37. The minimum Gasteiger partial charge on any atom is -0.339 e. The third-order valence-corrected chi connectivity index (χ3v) is 2.98. The Balaban J connectivity index is 2.18. The van der Waals surface area contributed by atoms with E-state index in [1.54, 1.807) is 6.20 Å². The van der Waals surface area contributed by atoms with Crippen molar-refractivity contribution in [2.75, 3.05) is 5.32 Å². The van der Waals surface area contributed by atoms with Crippen LogP contribution in [-0.4, -0.2) is 9.97 Å². The molecular weight excluding hydrogens is 316 g/mol. The molecule has 1 N–H and O–H groups in total. The van der Waals surface area contributed by atoms with Crippen molar-refractivity contribution in [3.05, 3.63) is 45.8 Å². The molecule has 0 radical (unpaired) electrons. The van der Waals surface area contributed by atoms with Crippen LogP contribution in [0.1, 0.15) is 5.56 Å². The monoisotopic (exact) mass is 322 g/mol. The lowest BCUT2D eigenvalue weighted by molar-refractivity contribution is 1.15. The van der Waals surface area contributed by atoms with Gasteiger partial charge in [-0.1, -0.05) is 12.1 Å². The maximum Gasteiger partial charge on any atom is 0.224 e. The molecule has 2 aromatic rings. The summed E-state index contributed by atoms with van der Waals surface area (Å²) in [6, 6.07) is 9.65. The van der Waals surface area contributed by atoms with E-state index in [1.807, 2.05) is 24.3 Å². The summed E-state index contributed by atoms with van der Waals surface area (Å²) in [5, 5.41) is 11.9. The van der Waals surface area contributed by atoms with Crippen LogP contribution in [0.15, 0.2) is 34.9 Å². The molecule has 1 heterocycles. The molecule has 18 heavy (non-hydrogen) atoms. The number of aromatic nitrogens is 2. The first kappa shape index (κ1) is 12.8. The Labute approximate surface area is 118 Å². The van der Waals surface area contributed by atoms with Crippen molar-refractivity contribution >= 4 is 39.0 Å². The van der Waals surface area contributed by atoms with Gasteiger partial charge in [0.05, 0.1) is 17.0 Å². The van der Waals surface area contributed by atoms with E-state index in [0.29, 0.717) is 12.2 Å². The predicted molar refractivity (Wildman–Crippen MR) is 73.8 cm³/mol. The van der Waals surface area contributed by atoms with E-state index in [4.69, 9.17) is 16.9 Å². The second-order valence-corrected chi connectivity index (χ2v) is 4.68. The third kappa shape index (κ3) is 3.19. The van der Waals surface area contributed by atoms with Gasteiger partial charge in [0.1, 0.15) is 5.82 Å². The second-order valence-electron chi connectivity index (χ2n) is 3.49. The summed E-state index contributed by atoms with van der Waals surface area (Å²) < 4.78 is 0.730. The van der Waals surface area contributed by atoms with Gasteiger partial charge in [-0.05, 0) is 45.2 Å². The fourth-order valence-corrected chi connectivity index (χ4v) is 1.79. The van der Waals surface area contributed by atoms with E-state index in [1.165, 1.54) is 0 Å². The third-order valence-electron chi connectivity index (χ3n) is 2.21. The van der Waals surface area contributed by atoms with E-state index >= 15 is 0 Å². The van der Waals surface area contributed by atoms with Crippen LogP contribution in [0.5, 0.6) is 0 Å². The Bertz CT molecular complexity index is 592. The molecule has 2 rings (SSSR count). The van der Waals surface area contributed by atoms with Gasteiger partial charge in [-0.25, -0.2) is 4.98 Å². The number of halogens is 2. The molecule has 4 nitrogen and oxygen atoms in total. The summed E-state index contributed by atoms with van der Waals surface area (Å²) in [5.74, 6) is 0.600. The molecule has 0 atom stereocenters. The number of benzene rings is 1. The van der Waals surface area contributed by atoms with E-state index in [-0.39, 0.29) is 5.28 Å². The van der Waals surface area contributed by atoms with Crippen molar-refractivity contribution < 1.29 is 0 Å². The molecule has 0 saturated carbocycles. The average molecular weight is 324 g/mol. The highest BCUT2D eigenvalue weighted by Gasteiger charge is 2.04. The van der Waals surface area contributed by atoms with Crippen LogP contribution in [0.4, 0.5) is 11.5 Å². The van der Waals surface area contributed by atoms with Crippen molar-refractivity contribution in [1.29, 1.82) is 5.26 Å². The topological polar surface area (TPSA) is 61.6 Å². The van der Waals surface area contributed by atoms with Crippen molar-refractivity contribution in [2.45, 2.75) is 6.42 Å². The van der Waals surface area contributed by atoms with Crippen LogP contribution in [0.3, 0.4) is 0 Å². The van der Waals surface area contributed by atoms with E-state index in [0.717, 1.165) is 15.7 Å². The zero-order valence-corrected chi connectivity index (χ0v) is 11.5. The molecule has 1 aromatic heterocycles. The number of rotatable bonds is 3. The molecular formula is C12H8BrClN4. The van der Waals surface area contributed by atoms with Gasteiger partial charge in [0.2, 0.25) is 5.28 Å². The quantitative estimate of drug-likeness (QED) is 0.875. The van der Waals surface area contributed by atoms with E-state index < -0.39 is 0 Å². The summed E-state index contributed by atoms with van der Waals surface area (Å²) in [6.45, 7) is 0. The summed E-state index contributed by atoms with van der Waals surface area (Å²) >= 11 is 9.07. The summed E-state index contributed by atoms with van der Waals surface area (Å²) in [5.41, 5.74) is 1.84. The Kier molecular flexibility index (Phi) is 4.13. The van der Waals surface area contributed by atoms with Crippen molar-refractivity contribution in [2.24, 2.45) is 0 Å². The molecule has 6 heteroatoms. The molecule has 90 valence electrons. The fraction of sp³-hybridized carbons (Fsp3) is 0.0833. The van der Waals surface area contributed by atoms with Gasteiger partial charge in [0.15, 0.2) is 0 Å². The Hall–Kier alpha value is -1.64. The van der Waals surface area contributed by atoms with Crippen LogP contribution < -0.4 is 5.32 Å². The standard InChI is InChI=1S/C12H8BrClN4/c13-10-7-16-12(14)18-11(10)17-9-3-1-8(2-4-9)5-6-15/h1-4,7H,5H2,(H,16,17,18). The molecule has 0 amide bonds. The van der Waals surface area contributed by atoms with Gasteiger partial charge < -0.3 is 5.32 Å². The highest BCUT2D eigenvalue weighted by Crippen LogP contribution is 2.24. The van der Waals surface area contributed by atoms with Gasteiger partial charge in [-0.2, -0.15) is 10.2 Å². The largest absolute Gasteiger partial charge is 0.339 e. The van der Waals surface area contributed by atoms with E-state index in [9.17, 15) is 0 Å². The smallest absolute Gasteiger partial charge is 0.224 e. The lowest BCUT2D eigenvalue weighted by Gasteiger charge is -2.07. The lowest BCUT2D eigenvalue weighted by Crippen LogP contribution is -1.96. The molecule has 0 saturated heterocycles. The number of hydrogen-bond donors (Lipinski definition) is 1. The first-order chi connectivity index (χ1) is 8.69. The highest BCUT2D eigenvalue weighted by atomic mass is 79.9. The summed E-state index contributed by atoms with van der Waals surface area (Å²) in [7, 11) is 0. The molecule has 0 aliphatic carbocycles. The minimum atomic E-state index is 0.182. The second kappa shape index (κ2) is 5.80. The molecule has 0 aliphatic rings. The Morgan fingerprint density at radius 2 is 2.06 bits per heavy atom. The van der Waals surface area contributed by atoms with Crippen LogP contribution in [0, 0.1) is 11.3 Å². The molecule has 0 fully saturated rings. The van der Waals surface area contributed by atoms with Gasteiger partial charge in [0.25, 0.3) is 0 Å². The molecule has 1 aromatic carbocycles. The van der Waals surface area contributed by atoms with Crippen LogP contribution >= 0.6 is 27.5 Å². The van der Waals surface area contributed by atoms with Crippen LogP contribution in [-0.2, 0) is 6.42 Å². The van der Waals surface area contributed by atoms with Crippen LogP contribution in [0.2, 0.25) is 5.28 Å². The molecule has 0 spiro atoms. The number of hydrogen-bond acceptors (Lipinski definition) is 4.